The van der Waals surface area contributed by atoms with E-state index in [2.05, 4.69) is 14.2 Å². The molecular weight excluding hydrogens is 666 g/mol. The van der Waals surface area contributed by atoms with Crippen LogP contribution in [0.3, 0.4) is 0 Å². The standard InChI is InChI=1S/C19H17F9N2O10Se/c1-2-36-3-4-41-8-5-30(16(35)29-11(8)31)12-10(40-15(34)19(26,27)28)9(39-14(33)18(23,24)25)7(38-12)6-37-13(32)17(20,21)22/h5,7,9-10,12H,2-4,6H2,1H3,(H,29,31,35)/t7-,9-,10-,12-/m1/s1. The van der Waals surface area contributed by atoms with E-state index >= 15 is 0 Å². The first-order chi connectivity index (χ1) is 18.8. The van der Waals surface area contributed by atoms with Gasteiger partial charge in [0.25, 0.3) is 0 Å². The second-order valence-electron chi connectivity index (χ2n) is 7.60. The number of H-pyrrole nitrogens is 1. The SMILES string of the molecule is CCOCC[Se]c1cn([C@@H]2O[C@H](COC(=O)C(F)(F)F)[C@@H](OC(=O)C(F)(F)F)[C@H]2OC(=O)C(F)(F)F)c(=O)[nH]c1=O. The number of hydrogen-bond donors (Lipinski definition) is 1. The molecule has 1 aromatic rings. The minimum atomic E-state index is -5.82. The molecule has 12 nitrogen and oxygen atoms in total. The van der Waals surface area contributed by atoms with Gasteiger partial charge in [-0.25, -0.2) is 0 Å². The summed E-state index contributed by atoms with van der Waals surface area (Å²) in [6.45, 7) is 0.383. The van der Waals surface area contributed by atoms with Gasteiger partial charge in [0.1, 0.15) is 0 Å². The Bertz CT molecular complexity index is 1230. The van der Waals surface area contributed by atoms with Crippen molar-refractivity contribution in [2.24, 2.45) is 0 Å². The van der Waals surface area contributed by atoms with Gasteiger partial charge in [0.15, 0.2) is 0 Å². The van der Waals surface area contributed by atoms with Crippen molar-refractivity contribution in [3.05, 3.63) is 27.0 Å². The van der Waals surface area contributed by atoms with Crippen LogP contribution in [0.15, 0.2) is 15.8 Å². The van der Waals surface area contributed by atoms with E-state index < -0.39 is 93.8 Å². The Morgan fingerprint density at radius 1 is 0.927 bits per heavy atom. The summed E-state index contributed by atoms with van der Waals surface area (Å²) in [7, 11) is 0. The van der Waals surface area contributed by atoms with Crippen LogP contribution < -0.4 is 15.7 Å². The molecule has 2 rings (SSSR count). The summed E-state index contributed by atoms with van der Waals surface area (Å²) in [6.07, 6.45) is -27.1. The van der Waals surface area contributed by atoms with Crippen molar-refractivity contribution in [2.75, 3.05) is 19.8 Å². The molecule has 0 aliphatic carbocycles. The summed E-state index contributed by atoms with van der Waals surface area (Å²) in [5.74, 6) is -9.12. The number of carbonyl (C=O) groups excluding carboxylic acids is 3. The molecule has 41 heavy (non-hydrogen) atoms. The van der Waals surface area contributed by atoms with Crippen LogP contribution >= 0.6 is 0 Å². The number of carbonyl (C=O) groups is 3. The van der Waals surface area contributed by atoms with Gasteiger partial charge in [0.05, 0.1) is 0 Å². The first-order valence-corrected chi connectivity index (χ1v) is 12.8. The van der Waals surface area contributed by atoms with Crippen LogP contribution in [0.5, 0.6) is 0 Å². The van der Waals surface area contributed by atoms with Crippen molar-refractivity contribution < 1.29 is 77.6 Å². The predicted molar refractivity (Wildman–Crippen MR) is 111 cm³/mol. The molecule has 4 atom stereocenters. The number of nitrogens with zero attached hydrogens (tertiary/aromatic N) is 1. The predicted octanol–water partition coefficient (Wildman–Crippen LogP) is 0.272. The summed E-state index contributed by atoms with van der Waals surface area (Å²) >= 11 is -0.793. The third-order valence-electron chi connectivity index (χ3n) is 4.74. The molecule has 1 fully saturated rings. The van der Waals surface area contributed by atoms with Gasteiger partial charge >= 0.3 is 227 Å². The zero-order chi connectivity index (χ0) is 31.3. The van der Waals surface area contributed by atoms with E-state index in [4.69, 9.17) is 9.47 Å². The average Bonchev–Trinajstić information content (AvgIpc) is 3.16. The van der Waals surface area contributed by atoms with Gasteiger partial charge in [-0.1, -0.05) is 0 Å². The van der Waals surface area contributed by atoms with E-state index in [0.717, 1.165) is 0 Å². The van der Waals surface area contributed by atoms with Gasteiger partial charge in [-0.15, -0.1) is 0 Å². The number of halogens is 9. The Hall–Kier alpha value is -3.10. The molecule has 1 aliphatic heterocycles. The van der Waals surface area contributed by atoms with E-state index in [1.54, 1.807) is 11.9 Å². The molecule has 0 aromatic carbocycles. The fourth-order valence-corrected chi connectivity index (χ4v) is 4.73. The topological polar surface area (TPSA) is 152 Å². The molecule has 22 heteroatoms. The Balaban J connectivity index is 2.59. The average molecular weight is 683 g/mol. The summed E-state index contributed by atoms with van der Waals surface area (Å²) in [6, 6.07) is 0. The normalized spacial score (nSPS) is 21.4. The third-order valence-corrected chi connectivity index (χ3v) is 6.78. The van der Waals surface area contributed by atoms with E-state index in [0.29, 0.717) is 12.8 Å². The van der Waals surface area contributed by atoms with Crippen LogP contribution in [0.4, 0.5) is 39.5 Å². The summed E-state index contributed by atoms with van der Waals surface area (Å²) < 4.78 is 138. The summed E-state index contributed by atoms with van der Waals surface area (Å²) in [5, 5.41) is 0.210. The third kappa shape index (κ3) is 9.20. The summed E-state index contributed by atoms with van der Waals surface area (Å²) in [5.41, 5.74) is -2.47. The Morgan fingerprint density at radius 2 is 1.46 bits per heavy atom. The van der Waals surface area contributed by atoms with Crippen LogP contribution in [0.2, 0.25) is 5.32 Å². The maximum absolute atomic E-state index is 13.0. The van der Waals surface area contributed by atoms with Gasteiger partial charge in [-0.3, -0.25) is 0 Å². The molecule has 1 N–H and O–H groups in total. The summed E-state index contributed by atoms with van der Waals surface area (Å²) in [4.78, 5) is 60.6. The number of ether oxygens (including phenoxy) is 5. The fraction of sp³-hybridized carbons (Fsp3) is 0.632. The quantitative estimate of drug-likeness (QED) is 0.120. The molecule has 232 valence electrons. The van der Waals surface area contributed by atoms with Crippen molar-refractivity contribution in [3.63, 3.8) is 0 Å². The molecule has 1 aliphatic rings. The molecule has 0 unspecified atom stereocenters. The Kier molecular flexibility index (Phi) is 11.0. The minimum absolute atomic E-state index is 0.128. The van der Waals surface area contributed by atoms with E-state index in [1.165, 1.54) is 0 Å². The monoisotopic (exact) mass is 684 g/mol. The zero-order valence-corrected chi connectivity index (χ0v) is 21.8. The first-order valence-electron chi connectivity index (χ1n) is 10.8. The van der Waals surface area contributed by atoms with Gasteiger partial charge in [-0.2, -0.15) is 0 Å². The fourth-order valence-electron chi connectivity index (χ4n) is 3.07. The van der Waals surface area contributed by atoms with Crippen molar-refractivity contribution >= 4 is 37.3 Å². The van der Waals surface area contributed by atoms with Gasteiger partial charge in [-0.05, 0) is 0 Å². The molecule has 0 amide bonds. The Labute approximate surface area is 227 Å². The van der Waals surface area contributed by atoms with Gasteiger partial charge in [0, 0.05) is 0 Å². The number of aromatic amines is 1. The molecule has 0 spiro atoms. The van der Waals surface area contributed by atoms with Crippen molar-refractivity contribution in [1.82, 2.24) is 9.55 Å². The number of alkyl halides is 9. The first kappa shape index (κ1) is 34.1. The number of esters is 3. The molecular formula is C19H17F9N2O10Se. The molecule has 0 saturated carbocycles. The molecule has 0 radical (unpaired) electrons. The molecule has 0 bridgehead atoms. The second kappa shape index (κ2) is 13.3. The van der Waals surface area contributed by atoms with Gasteiger partial charge < -0.3 is 0 Å². The molecule has 1 aromatic heterocycles. The van der Waals surface area contributed by atoms with Crippen molar-refractivity contribution in [2.45, 2.75) is 55.3 Å². The van der Waals surface area contributed by atoms with Gasteiger partial charge in [0.2, 0.25) is 0 Å². The van der Waals surface area contributed by atoms with Crippen LogP contribution in [0.25, 0.3) is 0 Å². The Morgan fingerprint density at radius 3 is 1.98 bits per heavy atom. The van der Waals surface area contributed by atoms with E-state index in [9.17, 15) is 63.5 Å². The zero-order valence-electron chi connectivity index (χ0n) is 20.1. The van der Waals surface area contributed by atoms with E-state index in [-0.39, 0.29) is 21.0 Å². The molecule has 1 saturated heterocycles. The van der Waals surface area contributed by atoms with Crippen LogP contribution in [0.1, 0.15) is 13.2 Å². The van der Waals surface area contributed by atoms with Crippen LogP contribution in [-0.2, 0) is 38.1 Å². The number of rotatable bonds is 10. The molecule has 2 heterocycles. The van der Waals surface area contributed by atoms with Crippen molar-refractivity contribution in [1.29, 1.82) is 0 Å². The number of nitrogens with one attached hydrogen (secondary N) is 1. The van der Waals surface area contributed by atoms with E-state index in [1.807, 2.05) is 0 Å². The number of hydrogen-bond acceptors (Lipinski definition) is 10. The van der Waals surface area contributed by atoms with Crippen molar-refractivity contribution in [3.8, 4) is 0 Å². The second-order valence-corrected chi connectivity index (χ2v) is 9.99. The number of aromatic nitrogens is 2. The van der Waals surface area contributed by atoms with Crippen LogP contribution in [-0.4, -0.2) is 99.1 Å². The van der Waals surface area contributed by atoms with Crippen LogP contribution in [0, 0.1) is 0 Å². The maximum atomic E-state index is 13.0.